The highest BCUT2D eigenvalue weighted by Crippen LogP contribution is 2.31. The van der Waals surface area contributed by atoms with Gasteiger partial charge in [0.15, 0.2) is 5.82 Å². The molecule has 3 aromatic rings. The summed E-state index contributed by atoms with van der Waals surface area (Å²) in [6.07, 6.45) is -3.94. The Bertz CT molecular complexity index is 1170. The minimum Gasteiger partial charge on any atom is -0.457 e. The lowest BCUT2D eigenvalue weighted by molar-refractivity contribution is -0.137. The molecular formula is C23H22F3N5O3. The predicted octanol–water partition coefficient (Wildman–Crippen LogP) is 3.41. The number of ether oxygens (including phenoxy) is 1. The van der Waals surface area contributed by atoms with Crippen LogP contribution < -0.4 is 21.5 Å². The van der Waals surface area contributed by atoms with Crippen molar-refractivity contribution in [3.05, 3.63) is 71.5 Å². The molecule has 2 aromatic carbocycles. The van der Waals surface area contributed by atoms with Crippen LogP contribution in [0.25, 0.3) is 11.4 Å². The minimum atomic E-state index is -4.43. The quantitative estimate of drug-likeness (QED) is 0.436. The fraction of sp³-hybridized carbons (Fsp3) is 0.217. The van der Waals surface area contributed by atoms with E-state index in [0.29, 0.717) is 23.4 Å². The van der Waals surface area contributed by atoms with Gasteiger partial charge < -0.3 is 21.5 Å². The number of amides is 2. The molecule has 1 heterocycles. The third-order valence-electron chi connectivity index (χ3n) is 4.84. The number of rotatable bonds is 9. The minimum absolute atomic E-state index is 0.000922. The van der Waals surface area contributed by atoms with Gasteiger partial charge in [-0.1, -0.05) is 6.92 Å². The summed E-state index contributed by atoms with van der Waals surface area (Å²) in [6, 6.07) is 11.6. The van der Waals surface area contributed by atoms with Gasteiger partial charge in [-0.3, -0.25) is 9.59 Å². The van der Waals surface area contributed by atoms with Crippen molar-refractivity contribution in [2.75, 3.05) is 0 Å². The van der Waals surface area contributed by atoms with E-state index in [-0.39, 0.29) is 23.8 Å². The van der Waals surface area contributed by atoms with Crippen molar-refractivity contribution in [3.63, 3.8) is 0 Å². The maximum absolute atomic E-state index is 12.7. The smallest absolute Gasteiger partial charge is 0.416 e. The van der Waals surface area contributed by atoms with Gasteiger partial charge in [0, 0.05) is 12.1 Å². The zero-order valence-corrected chi connectivity index (χ0v) is 18.1. The fourth-order valence-corrected chi connectivity index (χ4v) is 3.04. The van der Waals surface area contributed by atoms with Gasteiger partial charge in [0.2, 0.25) is 5.91 Å². The van der Waals surface area contributed by atoms with Crippen LogP contribution >= 0.6 is 0 Å². The second kappa shape index (κ2) is 10.3. The van der Waals surface area contributed by atoms with E-state index in [4.69, 9.17) is 16.2 Å². The lowest BCUT2D eigenvalue weighted by Gasteiger charge is -2.13. The first kappa shape index (κ1) is 24.6. The second-order valence-electron chi connectivity index (χ2n) is 7.33. The molecule has 1 aromatic heterocycles. The van der Waals surface area contributed by atoms with Crippen molar-refractivity contribution in [2.45, 2.75) is 32.1 Å². The normalized spacial score (nSPS) is 12.2. The Morgan fingerprint density at radius 2 is 1.59 bits per heavy atom. The molecule has 1 atom stereocenters. The number of aromatic nitrogens is 2. The molecule has 0 saturated carbocycles. The summed E-state index contributed by atoms with van der Waals surface area (Å²) in [5.41, 5.74) is 10.9. The van der Waals surface area contributed by atoms with Gasteiger partial charge in [-0.2, -0.15) is 13.2 Å². The number of alkyl halides is 3. The molecule has 8 nitrogen and oxygen atoms in total. The molecule has 178 valence electrons. The van der Waals surface area contributed by atoms with Crippen molar-refractivity contribution >= 4 is 11.8 Å². The fourth-order valence-electron chi connectivity index (χ4n) is 3.04. The van der Waals surface area contributed by atoms with Crippen molar-refractivity contribution in [1.29, 1.82) is 0 Å². The van der Waals surface area contributed by atoms with E-state index >= 15 is 0 Å². The zero-order chi connectivity index (χ0) is 24.9. The van der Waals surface area contributed by atoms with Crippen molar-refractivity contribution in [2.24, 2.45) is 11.5 Å². The number of nitrogens with one attached hydrogen (secondary N) is 1. The topological polar surface area (TPSA) is 133 Å². The first-order valence-electron chi connectivity index (χ1n) is 10.2. The molecule has 0 spiro atoms. The average Bonchev–Trinajstić information content (AvgIpc) is 2.79. The third-order valence-corrected chi connectivity index (χ3v) is 4.84. The van der Waals surface area contributed by atoms with Crippen LogP contribution in [-0.4, -0.2) is 27.8 Å². The van der Waals surface area contributed by atoms with Crippen LogP contribution in [0.5, 0.6) is 11.5 Å². The molecule has 2 amide bonds. The number of carbonyl (C=O) groups is 2. The van der Waals surface area contributed by atoms with Crippen molar-refractivity contribution < 1.29 is 27.5 Å². The first-order valence-corrected chi connectivity index (χ1v) is 10.2. The molecule has 0 aliphatic carbocycles. The summed E-state index contributed by atoms with van der Waals surface area (Å²) in [4.78, 5) is 31.8. The van der Waals surface area contributed by atoms with Crippen LogP contribution in [0, 0.1) is 0 Å². The summed E-state index contributed by atoms with van der Waals surface area (Å²) < 4.78 is 43.7. The number of carbonyl (C=O) groups excluding carboxylic acids is 2. The maximum Gasteiger partial charge on any atom is 0.416 e. The third kappa shape index (κ3) is 6.29. The Morgan fingerprint density at radius 1 is 1.00 bits per heavy atom. The second-order valence-corrected chi connectivity index (χ2v) is 7.33. The number of nitrogens with zero attached hydrogens (tertiary/aromatic N) is 2. The van der Waals surface area contributed by atoms with E-state index < -0.39 is 29.6 Å². The van der Waals surface area contributed by atoms with Gasteiger partial charge >= 0.3 is 6.18 Å². The predicted molar refractivity (Wildman–Crippen MR) is 118 cm³/mol. The Kier molecular flexibility index (Phi) is 7.47. The van der Waals surface area contributed by atoms with E-state index in [1.165, 1.54) is 18.2 Å². The van der Waals surface area contributed by atoms with Crippen LogP contribution in [0.3, 0.4) is 0 Å². The van der Waals surface area contributed by atoms with Crippen LogP contribution in [0.2, 0.25) is 0 Å². The van der Waals surface area contributed by atoms with Gasteiger partial charge in [0.05, 0.1) is 17.3 Å². The highest BCUT2D eigenvalue weighted by molar-refractivity contribution is 5.91. The molecule has 0 aliphatic rings. The molecule has 5 N–H and O–H groups in total. The standard InChI is InChI=1S/C23H22F3N5O3/c1-2-18(20(27)32)29-12-15-11-19(21(28)33)31-22(30-15)13-3-7-16(8-4-13)34-17-9-5-14(6-10-17)23(24,25)26/h3-11,18,29H,2,12H2,1H3,(H2,27,32)(H2,28,33)/t18-/m0/s1. The van der Waals surface area contributed by atoms with Gasteiger partial charge in [-0.05, 0) is 61.0 Å². The van der Waals surface area contributed by atoms with E-state index in [0.717, 1.165) is 12.1 Å². The van der Waals surface area contributed by atoms with E-state index in [1.807, 2.05) is 0 Å². The monoisotopic (exact) mass is 473 g/mol. The summed E-state index contributed by atoms with van der Waals surface area (Å²) >= 11 is 0. The highest BCUT2D eigenvalue weighted by atomic mass is 19.4. The maximum atomic E-state index is 12.7. The van der Waals surface area contributed by atoms with Gasteiger partial charge in [0.1, 0.15) is 17.2 Å². The molecule has 0 unspecified atom stereocenters. The largest absolute Gasteiger partial charge is 0.457 e. The molecule has 3 rings (SSSR count). The van der Waals surface area contributed by atoms with Gasteiger partial charge in [-0.25, -0.2) is 9.97 Å². The Hall–Kier alpha value is -3.99. The molecular weight excluding hydrogens is 451 g/mol. The number of halogens is 3. The van der Waals surface area contributed by atoms with Crippen molar-refractivity contribution in [3.8, 4) is 22.9 Å². The number of nitrogens with two attached hydrogens (primary N) is 2. The van der Waals surface area contributed by atoms with E-state index in [1.54, 1.807) is 31.2 Å². The number of hydrogen-bond acceptors (Lipinski definition) is 6. The summed E-state index contributed by atoms with van der Waals surface area (Å²) in [5.74, 6) is -0.407. The molecule has 0 aliphatic heterocycles. The van der Waals surface area contributed by atoms with Crippen LogP contribution in [0.1, 0.15) is 35.1 Å². The van der Waals surface area contributed by atoms with Crippen LogP contribution in [0.4, 0.5) is 13.2 Å². The van der Waals surface area contributed by atoms with E-state index in [9.17, 15) is 22.8 Å². The Labute approximate surface area is 193 Å². The Morgan fingerprint density at radius 3 is 2.09 bits per heavy atom. The zero-order valence-electron chi connectivity index (χ0n) is 18.1. The summed E-state index contributed by atoms with van der Waals surface area (Å²) in [5, 5.41) is 2.97. The molecule has 34 heavy (non-hydrogen) atoms. The Balaban J connectivity index is 1.79. The van der Waals surface area contributed by atoms with Crippen LogP contribution in [-0.2, 0) is 17.5 Å². The first-order chi connectivity index (χ1) is 16.1. The van der Waals surface area contributed by atoms with Gasteiger partial charge in [-0.15, -0.1) is 0 Å². The molecule has 11 heteroatoms. The van der Waals surface area contributed by atoms with Gasteiger partial charge in [0.25, 0.3) is 5.91 Å². The number of benzene rings is 2. The lowest BCUT2D eigenvalue weighted by atomic mass is 10.1. The molecule has 0 fully saturated rings. The van der Waals surface area contributed by atoms with Crippen molar-refractivity contribution in [1.82, 2.24) is 15.3 Å². The molecule has 0 radical (unpaired) electrons. The van der Waals surface area contributed by atoms with E-state index in [2.05, 4.69) is 15.3 Å². The molecule has 0 bridgehead atoms. The number of primary amides is 2. The average molecular weight is 473 g/mol. The van der Waals surface area contributed by atoms with Crippen LogP contribution in [0.15, 0.2) is 54.6 Å². The lowest BCUT2D eigenvalue weighted by Crippen LogP contribution is -2.40. The summed E-state index contributed by atoms with van der Waals surface area (Å²) in [6.45, 7) is 1.96. The highest BCUT2D eigenvalue weighted by Gasteiger charge is 2.30. The summed E-state index contributed by atoms with van der Waals surface area (Å²) in [7, 11) is 0. The number of hydrogen-bond donors (Lipinski definition) is 3. The molecule has 0 saturated heterocycles. The SMILES string of the molecule is CC[C@H](NCc1cc(C(N)=O)nc(-c2ccc(Oc3ccc(C(F)(F)F)cc3)cc2)n1)C(N)=O.